The van der Waals surface area contributed by atoms with Gasteiger partial charge in [-0.1, -0.05) is 54.2 Å². The summed E-state index contributed by atoms with van der Waals surface area (Å²) in [7, 11) is 0. The van der Waals surface area contributed by atoms with Crippen LogP contribution in [0.4, 0.5) is 11.4 Å². The van der Waals surface area contributed by atoms with Gasteiger partial charge < -0.3 is 14.6 Å². The Hall–Kier alpha value is -3.85. The number of carbonyl (C=O) groups excluding carboxylic acids is 2. The third-order valence-corrected chi connectivity index (χ3v) is 6.55. The van der Waals surface area contributed by atoms with Crippen molar-refractivity contribution in [2.45, 2.75) is 31.1 Å². The van der Waals surface area contributed by atoms with E-state index in [1.807, 2.05) is 72.2 Å². The van der Waals surface area contributed by atoms with E-state index < -0.39 is 0 Å². The summed E-state index contributed by atoms with van der Waals surface area (Å²) in [5.41, 5.74) is 2.43. The highest BCUT2D eigenvalue weighted by molar-refractivity contribution is 7.99. The minimum absolute atomic E-state index is 0.102. The highest BCUT2D eigenvalue weighted by atomic mass is 32.2. The Balaban J connectivity index is 1.41. The molecule has 2 aromatic carbocycles. The van der Waals surface area contributed by atoms with Gasteiger partial charge in [-0.2, -0.15) is 0 Å². The first-order valence-electron chi connectivity index (χ1n) is 10.9. The van der Waals surface area contributed by atoms with Crippen LogP contribution >= 0.6 is 11.8 Å². The molecule has 9 heteroatoms. The van der Waals surface area contributed by atoms with E-state index in [-0.39, 0.29) is 30.0 Å². The van der Waals surface area contributed by atoms with Crippen molar-refractivity contribution in [1.29, 1.82) is 0 Å². The fourth-order valence-electron chi connectivity index (χ4n) is 4.06. The summed E-state index contributed by atoms with van der Waals surface area (Å²) in [5, 5.41) is 12.2. The van der Waals surface area contributed by atoms with Gasteiger partial charge in [0.25, 0.3) is 0 Å². The largest absolute Gasteiger partial charge is 0.461 e. The molecular weight excluding hydrogens is 450 g/mol. The van der Waals surface area contributed by atoms with Gasteiger partial charge in [0.05, 0.1) is 29.9 Å². The summed E-state index contributed by atoms with van der Waals surface area (Å²) >= 11 is 1.32. The van der Waals surface area contributed by atoms with Crippen molar-refractivity contribution in [3.05, 3.63) is 78.6 Å². The van der Waals surface area contributed by atoms with E-state index in [1.54, 1.807) is 17.2 Å². The summed E-state index contributed by atoms with van der Waals surface area (Å²) < 4.78 is 7.52. The molecule has 0 radical (unpaired) electrons. The topological polar surface area (TPSA) is 93.3 Å². The van der Waals surface area contributed by atoms with Crippen molar-refractivity contribution in [2.75, 3.05) is 16.0 Å². The average Bonchev–Trinajstić information content (AvgIpc) is 3.47. The molecule has 1 atom stereocenters. The number of hydrogen-bond acceptors (Lipinski definition) is 6. The first-order chi connectivity index (χ1) is 16.6. The lowest BCUT2D eigenvalue weighted by atomic mass is 10.2. The second kappa shape index (κ2) is 9.56. The van der Waals surface area contributed by atoms with E-state index in [2.05, 4.69) is 15.5 Å². The lowest BCUT2D eigenvalue weighted by Crippen LogP contribution is -2.40. The Kier molecular flexibility index (Phi) is 6.18. The zero-order valence-corrected chi connectivity index (χ0v) is 19.4. The lowest BCUT2D eigenvalue weighted by molar-refractivity contribution is -0.117. The van der Waals surface area contributed by atoms with E-state index >= 15 is 0 Å². The Bertz CT molecular complexity index is 1300. The summed E-state index contributed by atoms with van der Waals surface area (Å²) in [6.45, 7) is 2.43. The summed E-state index contributed by atoms with van der Waals surface area (Å²) in [4.78, 5) is 27.4. The molecular formula is C25H23N5O3S. The number of amides is 2. The van der Waals surface area contributed by atoms with Crippen LogP contribution in [0.25, 0.3) is 11.6 Å². The number of hydrogen-bond donors (Lipinski definition) is 1. The summed E-state index contributed by atoms with van der Waals surface area (Å²) in [5.74, 6) is 1.16. The fourth-order valence-corrected chi connectivity index (χ4v) is 4.85. The number of nitrogens with one attached hydrogen (secondary N) is 1. The Morgan fingerprint density at radius 3 is 2.68 bits per heavy atom. The van der Waals surface area contributed by atoms with Crippen LogP contribution in [0.1, 0.15) is 18.9 Å². The van der Waals surface area contributed by atoms with Crippen LogP contribution in [0.5, 0.6) is 0 Å². The predicted octanol–water partition coefficient (Wildman–Crippen LogP) is 4.44. The fraction of sp³-hybridized carbons (Fsp3) is 0.200. The normalized spacial score (nSPS) is 15.5. The first-order valence-corrected chi connectivity index (χ1v) is 11.9. The average molecular weight is 474 g/mol. The standard InChI is InChI=1S/C25H23N5O3S/c1-17-14-22(31)26-19-10-5-6-11-20(19)30(17)23(32)16-34-25-28-27-24(21-12-7-13-33-21)29(25)15-18-8-3-2-4-9-18/h2-13,17H,14-16H2,1H3,(H,26,31). The summed E-state index contributed by atoms with van der Waals surface area (Å²) in [6.07, 6.45) is 1.83. The second-order valence-corrected chi connectivity index (χ2v) is 8.97. The molecule has 172 valence electrons. The molecule has 1 aliphatic heterocycles. The maximum Gasteiger partial charge on any atom is 0.237 e. The van der Waals surface area contributed by atoms with Gasteiger partial charge in [0, 0.05) is 12.5 Å². The Morgan fingerprint density at radius 2 is 1.88 bits per heavy atom. The molecule has 2 aromatic heterocycles. The SMILES string of the molecule is CC1CC(=O)Nc2ccccc2N1C(=O)CSc1nnc(-c2ccco2)n1Cc1ccccc1. The molecule has 3 heterocycles. The van der Waals surface area contributed by atoms with E-state index in [4.69, 9.17) is 4.42 Å². The Labute approximate surface area is 201 Å². The number of fused-ring (bicyclic) bond motifs is 1. The third kappa shape index (κ3) is 4.47. The van der Waals surface area contributed by atoms with Gasteiger partial charge in [-0.05, 0) is 36.8 Å². The number of rotatable bonds is 6. The van der Waals surface area contributed by atoms with Gasteiger partial charge in [-0.15, -0.1) is 10.2 Å². The lowest BCUT2D eigenvalue weighted by Gasteiger charge is -2.27. The number of thioether (sulfide) groups is 1. The first kappa shape index (κ1) is 22.0. The van der Waals surface area contributed by atoms with Crippen molar-refractivity contribution >= 4 is 35.0 Å². The number of aromatic nitrogens is 3. The maximum atomic E-state index is 13.4. The van der Waals surface area contributed by atoms with Gasteiger partial charge in [0.1, 0.15) is 0 Å². The summed E-state index contributed by atoms with van der Waals surface area (Å²) in [6, 6.07) is 20.7. The van der Waals surface area contributed by atoms with Crippen molar-refractivity contribution in [2.24, 2.45) is 0 Å². The van der Waals surface area contributed by atoms with Crippen molar-refractivity contribution < 1.29 is 14.0 Å². The van der Waals surface area contributed by atoms with Crippen LogP contribution in [0.15, 0.2) is 82.6 Å². The molecule has 0 fully saturated rings. The highest BCUT2D eigenvalue weighted by Gasteiger charge is 2.30. The molecule has 0 saturated carbocycles. The van der Waals surface area contributed by atoms with Gasteiger partial charge in [-0.25, -0.2) is 0 Å². The van der Waals surface area contributed by atoms with Gasteiger partial charge in [-0.3, -0.25) is 14.2 Å². The van der Waals surface area contributed by atoms with Crippen LogP contribution < -0.4 is 10.2 Å². The maximum absolute atomic E-state index is 13.4. The van der Waals surface area contributed by atoms with Crippen LogP contribution in [0.2, 0.25) is 0 Å². The van der Waals surface area contributed by atoms with Gasteiger partial charge in [0.2, 0.25) is 17.6 Å². The monoisotopic (exact) mass is 473 g/mol. The van der Waals surface area contributed by atoms with Crippen LogP contribution in [-0.2, 0) is 16.1 Å². The predicted molar refractivity (Wildman–Crippen MR) is 131 cm³/mol. The van der Waals surface area contributed by atoms with E-state index in [1.165, 1.54) is 11.8 Å². The highest BCUT2D eigenvalue weighted by Crippen LogP contribution is 2.33. The molecule has 2 amide bonds. The molecule has 34 heavy (non-hydrogen) atoms. The third-order valence-electron chi connectivity index (χ3n) is 5.59. The zero-order chi connectivity index (χ0) is 23.5. The van der Waals surface area contributed by atoms with Crippen LogP contribution in [0.3, 0.4) is 0 Å². The van der Waals surface area contributed by atoms with Gasteiger partial charge >= 0.3 is 0 Å². The number of nitrogens with zero attached hydrogens (tertiary/aromatic N) is 4. The molecule has 5 rings (SSSR count). The minimum atomic E-state index is -0.266. The molecule has 0 aliphatic carbocycles. The number of carbonyl (C=O) groups is 2. The van der Waals surface area contributed by atoms with E-state index in [0.29, 0.717) is 34.7 Å². The quantitative estimate of drug-likeness (QED) is 0.416. The number of benzene rings is 2. The van der Waals surface area contributed by atoms with Crippen LogP contribution in [0, 0.1) is 0 Å². The molecule has 4 aromatic rings. The zero-order valence-electron chi connectivity index (χ0n) is 18.5. The smallest absolute Gasteiger partial charge is 0.237 e. The molecule has 0 bridgehead atoms. The second-order valence-electron chi connectivity index (χ2n) is 8.03. The number of furan rings is 1. The van der Waals surface area contributed by atoms with E-state index in [9.17, 15) is 9.59 Å². The molecule has 1 aliphatic rings. The minimum Gasteiger partial charge on any atom is -0.461 e. The van der Waals surface area contributed by atoms with E-state index in [0.717, 1.165) is 5.56 Å². The van der Waals surface area contributed by atoms with Crippen LogP contribution in [-0.4, -0.2) is 38.4 Å². The molecule has 0 saturated heterocycles. The number of anilines is 2. The van der Waals surface area contributed by atoms with Gasteiger partial charge in [0.15, 0.2) is 10.9 Å². The number of para-hydroxylation sites is 2. The molecule has 1 unspecified atom stereocenters. The molecule has 1 N–H and O–H groups in total. The Morgan fingerprint density at radius 1 is 1.09 bits per heavy atom. The van der Waals surface area contributed by atoms with Crippen molar-refractivity contribution in [3.63, 3.8) is 0 Å². The molecule has 8 nitrogen and oxygen atoms in total. The van der Waals surface area contributed by atoms with Crippen molar-refractivity contribution in [1.82, 2.24) is 14.8 Å². The van der Waals surface area contributed by atoms with Crippen molar-refractivity contribution in [3.8, 4) is 11.6 Å². The molecule has 0 spiro atoms.